The lowest BCUT2D eigenvalue weighted by molar-refractivity contribution is 0.0981. The van der Waals surface area contributed by atoms with Gasteiger partial charge in [0.25, 0.3) is 5.91 Å². The quantitative estimate of drug-likeness (QED) is 0.469. The molecule has 2 aromatic carbocycles. The smallest absolute Gasteiger partial charge is 0.261 e. The van der Waals surface area contributed by atoms with Gasteiger partial charge in [-0.1, -0.05) is 43.4 Å². The first-order valence-corrected chi connectivity index (χ1v) is 11.7. The highest BCUT2D eigenvalue weighted by Crippen LogP contribution is 2.31. The first-order valence-electron chi connectivity index (χ1n) is 9.61. The molecule has 1 amide bonds. The largest absolute Gasteiger partial charge is 0.302 e. The Kier molecular flexibility index (Phi) is 7.10. The molecule has 0 fully saturated rings. The summed E-state index contributed by atoms with van der Waals surface area (Å²) in [5.74, 6) is 0.0212. The Bertz CT molecular complexity index is 950. The van der Waals surface area contributed by atoms with E-state index in [9.17, 15) is 4.79 Å². The molecule has 1 aromatic heterocycles. The molecule has 0 radical (unpaired) electrons. The van der Waals surface area contributed by atoms with Crippen molar-refractivity contribution in [3.63, 3.8) is 0 Å². The fraction of sp³-hybridized carbons (Fsp3) is 0.364. The van der Waals surface area contributed by atoms with Gasteiger partial charge in [-0.05, 0) is 56.1 Å². The Morgan fingerprint density at radius 1 is 1.11 bits per heavy atom. The summed E-state index contributed by atoms with van der Waals surface area (Å²) in [5.41, 5.74) is 2.89. The van der Waals surface area contributed by atoms with Gasteiger partial charge in [-0.2, -0.15) is 0 Å². The van der Waals surface area contributed by atoms with Crippen LogP contribution in [0, 0.1) is 6.92 Å². The second kappa shape index (κ2) is 9.54. The predicted molar refractivity (Wildman–Crippen MR) is 122 cm³/mol. The monoisotopic (exact) mass is 413 g/mol. The normalized spacial score (nSPS) is 11.3. The van der Waals surface area contributed by atoms with Crippen LogP contribution in [0.3, 0.4) is 0 Å². The van der Waals surface area contributed by atoms with Crippen LogP contribution in [-0.4, -0.2) is 48.2 Å². The predicted octanol–water partition coefficient (Wildman–Crippen LogP) is 5.32. The fourth-order valence-electron chi connectivity index (χ4n) is 3.17. The molecule has 4 nitrogen and oxygen atoms in total. The number of likely N-dealkylation sites (N-methyl/N-ethyl adjacent to an activating group) is 1. The van der Waals surface area contributed by atoms with Gasteiger partial charge >= 0.3 is 0 Å². The van der Waals surface area contributed by atoms with Crippen molar-refractivity contribution in [2.24, 2.45) is 0 Å². The highest BCUT2D eigenvalue weighted by atomic mass is 32.2. The molecule has 1 heterocycles. The minimum Gasteiger partial charge on any atom is -0.302 e. The molecule has 0 spiro atoms. The second-order valence-electron chi connectivity index (χ2n) is 6.65. The number of aromatic nitrogens is 1. The minimum atomic E-state index is 0.0212. The van der Waals surface area contributed by atoms with E-state index in [1.54, 1.807) is 23.1 Å². The van der Waals surface area contributed by atoms with E-state index < -0.39 is 0 Å². The molecule has 0 aliphatic rings. The van der Waals surface area contributed by atoms with Crippen LogP contribution in [0.5, 0.6) is 0 Å². The number of benzene rings is 2. The van der Waals surface area contributed by atoms with Crippen molar-refractivity contribution in [3.05, 3.63) is 53.6 Å². The average molecular weight is 414 g/mol. The Balaban J connectivity index is 1.99. The number of amides is 1. The van der Waals surface area contributed by atoms with Crippen LogP contribution in [0.2, 0.25) is 0 Å². The lowest BCUT2D eigenvalue weighted by Gasteiger charge is -2.25. The van der Waals surface area contributed by atoms with Crippen LogP contribution >= 0.6 is 23.1 Å². The van der Waals surface area contributed by atoms with Gasteiger partial charge in [-0.3, -0.25) is 9.69 Å². The van der Waals surface area contributed by atoms with E-state index >= 15 is 0 Å². The summed E-state index contributed by atoms with van der Waals surface area (Å²) < 4.78 is 1.12. The molecule has 3 aromatic rings. The molecule has 0 aliphatic heterocycles. The number of fused-ring (bicyclic) bond motifs is 1. The number of hydrogen-bond acceptors (Lipinski definition) is 5. The molecular formula is C22H27N3OS2. The van der Waals surface area contributed by atoms with Crippen LogP contribution in [-0.2, 0) is 0 Å². The standard InChI is InChI=1S/C22H27N3OS2/c1-5-24(6-2)13-14-25(21(26)17-9-7-8-10-19(17)27-4)22-23-18-12-11-16(3)15-20(18)28-22/h7-12,15H,5-6,13-14H2,1-4H3. The van der Waals surface area contributed by atoms with Crippen LogP contribution < -0.4 is 4.90 Å². The van der Waals surface area contributed by atoms with Crippen molar-refractivity contribution in [1.29, 1.82) is 0 Å². The summed E-state index contributed by atoms with van der Waals surface area (Å²) in [5, 5.41) is 0.772. The van der Waals surface area contributed by atoms with Crippen molar-refractivity contribution in [3.8, 4) is 0 Å². The summed E-state index contributed by atoms with van der Waals surface area (Å²) in [4.78, 5) is 23.5. The third kappa shape index (κ3) is 4.57. The van der Waals surface area contributed by atoms with Gasteiger partial charge in [0.1, 0.15) is 0 Å². The SMILES string of the molecule is CCN(CC)CCN(C(=O)c1ccccc1SC)c1nc2ccc(C)cc2s1. The highest BCUT2D eigenvalue weighted by molar-refractivity contribution is 7.98. The summed E-state index contributed by atoms with van der Waals surface area (Å²) in [7, 11) is 0. The Labute approximate surface area is 175 Å². The van der Waals surface area contributed by atoms with Crippen molar-refractivity contribution >= 4 is 44.4 Å². The molecule has 6 heteroatoms. The lowest BCUT2D eigenvalue weighted by Crippen LogP contribution is -2.39. The lowest BCUT2D eigenvalue weighted by atomic mass is 10.2. The zero-order valence-electron chi connectivity index (χ0n) is 16.9. The topological polar surface area (TPSA) is 36.4 Å². The molecule has 0 aliphatic carbocycles. The number of anilines is 1. The number of nitrogens with zero attached hydrogens (tertiary/aromatic N) is 3. The first kappa shape index (κ1) is 20.8. The number of hydrogen-bond donors (Lipinski definition) is 0. The van der Waals surface area contributed by atoms with E-state index in [2.05, 4.69) is 37.8 Å². The van der Waals surface area contributed by atoms with E-state index in [0.29, 0.717) is 6.54 Å². The molecule has 0 bridgehead atoms. The number of carbonyl (C=O) groups excluding carboxylic acids is 1. The van der Waals surface area contributed by atoms with Crippen LogP contribution in [0.15, 0.2) is 47.4 Å². The maximum absolute atomic E-state index is 13.5. The van der Waals surface area contributed by atoms with Crippen molar-refractivity contribution < 1.29 is 4.79 Å². The number of thiazole rings is 1. The maximum atomic E-state index is 13.5. The van der Waals surface area contributed by atoms with Gasteiger partial charge in [0.05, 0.1) is 15.8 Å². The summed E-state index contributed by atoms with van der Waals surface area (Å²) in [6, 6.07) is 14.1. The third-order valence-corrected chi connectivity index (χ3v) is 6.72. The van der Waals surface area contributed by atoms with E-state index in [0.717, 1.165) is 45.4 Å². The summed E-state index contributed by atoms with van der Waals surface area (Å²) >= 11 is 3.19. The Morgan fingerprint density at radius 2 is 1.86 bits per heavy atom. The van der Waals surface area contributed by atoms with E-state index in [1.807, 2.05) is 41.5 Å². The molecule has 0 atom stereocenters. The van der Waals surface area contributed by atoms with Gasteiger partial charge in [0, 0.05) is 18.0 Å². The number of thioether (sulfide) groups is 1. The van der Waals surface area contributed by atoms with Crippen LogP contribution in [0.25, 0.3) is 10.2 Å². The molecule has 0 N–H and O–H groups in total. The van der Waals surface area contributed by atoms with Gasteiger partial charge in [-0.25, -0.2) is 4.98 Å². The van der Waals surface area contributed by atoms with Crippen LogP contribution in [0.1, 0.15) is 29.8 Å². The molecule has 0 saturated carbocycles. The average Bonchev–Trinajstić information content (AvgIpc) is 3.13. The van der Waals surface area contributed by atoms with Gasteiger partial charge < -0.3 is 4.90 Å². The zero-order chi connectivity index (χ0) is 20.1. The molecular weight excluding hydrogens is 386 g/mol. The Hall–Kier alpha value is -1.89. The first-order chi connectivity index (χ1) is 13.6. The molecule has 3 rings (SSSR count). The van der Waals surface area contributed by atoms with Gasteiger partial charge in [-0.15, -0.1) is 11.8 Å². The maximum Gasteiger partial charge on any atom is 0.261 e. The minimum absolute atomic E-state index is 0.0212. The molecule has 148 valence electrons. The van der Waals surface area contributed by atoms with Crippen molar-refractivity contribution in [2.45, 2.75) is 25.7 Å². The Morgan fingerprint density at radius 3 is 2.57 bits per heavy atom. The van der Waals surface area contributed by atoms with Gasteiger partial charge in [0.15, 0.2) is 5.13 Å². The molecule has 28 heavy (non-hydrogen) atoms. The number of carbonyl (C=O) groups is 1. The summed E-state index contributed by atoms with van der Waals surface area (Å²) in [6.07, 6.45) is 2.01. The van der Waals surface area contributed by atoms with E-state index in [4.69, 9.17) is 4.98 Å². The zero-order valence-corrected chi connectivity index (χ0v) is 18.6. The fourth-order valence-corrected chi connectivity index (χ4v) is 4.85. The second-order valence-corrected chi connectivity index (χ2v) is 8.51. The molecule has 0 saturated heterocycles. The number of aryl methyl sites for hydroxylation is 1. The van der Waals surface area contributed by atoms with Crippen molar-refractivity contribution in [1.82, 2.24) is 9.88 Å². The highest BCUT2D eigenvalue weighted by Gasteiger charge is 2.23. The number of rotatable bonds is 8. The van der Waals surface area contributed by atoms with E-state index in [1.165, 1.54) is 5.56 Å². The van der Waals surface area contributed by atoms with Gasteiger partial charge in [0.2, 0.25) is 0 Å². The summed E-state index contributed by atoms with van der Waals surface area (Å²) in [6.45, 7) is 9.78. The van der Waals surface area contributed by atoms with Crippen LogP contribution in [0.4, 0.5) is 5.13 Å². The van der Waals surface area contributed by atoms with Crippen molar-refractivity contribution in [2.75, 3.05) is 37.3 Å². The van der Waals surface area contributed by atoms with E-state index in [-0.39, 0.29) is 5.91 Å². The molecule has 0 unspecified atom stereocenters. The third-order valence-electron chi connectivity index (χ3n) is 4.88.